The predicted molar refractivity (Wildman–Crippen MR) is 81.0 cm³/mol. The van der Waals surface area contributed by atoms with Gasteiger partial charge in [0.1, 0.15) is 5.75 Å². The molecule has 0 aliphatic carbocycles. The number of halogens is 1. The number of hydrogen-bond donors (Lipinski definition) is 2. The van der Waals surface area contributed by atoms with Crippen molar-refractivity contribution in [3.63, 3.8) is 0 Å². The second-order valence-corrected chi connectivity index (χ2v) is 4.26. The van der Waals surface area contributed by atoms with Crippen molar-refractivity contribution < 1.29 is 4.74 Å². The van der Waals surface area contributed by atoms with Crippen LogP contribution < -0.4 is 15.4 Å². The molecule has 4 nitrogen and oxygen atoms in total. The minimum atomic E-state index is 0.521. The van der Waals surface area contributed by atoms with E-state index in [-0.39, 0.29) is 0 Å². The summed E-state index contributed by atoms with van der Waals surface area (Å²) < 4.78 is 5.29. The fourth-order valence-corrected chi connectivity index (χ4v) is 1.69. The molecule has 0 amide bonds. The summed E-state index contributed by atoms with van der Waals surface area (Å²) in [6.45, 7) is 7.69. The van der Waals surface area contributed by atoms with Gasteiger partial charge in [-0.2, -0.15) is 0 Å². The lowest BCUT2D eigenvalue weighted by Crippen LogP contribution is -2.37. The number of aliphatic imine (C=N–C) groups is 1. The van der Waals surface area contributed by atoms with Crippen molar-refractivity contribution in [3.8, 4) is 5.75 Å². The van der Waals surface area contributed by atoms with E-state index >= 15 is 0 Å². The van der Waals surface area contributed by atoms with E-state index in [1.54, 1.807) is 19.3 Å². The summed E-state index contributed by atoms with van der Waals surface area (Å²) in [7, 11) is 1.63. The maximum atomic E-state index is 5.92. The first-order valence-electron chi connectivity index (χ1n) is 6.16. The third-order valence-electron chi connectivity index (χ3n) is 2.41. The maximum Gasteiger partial charge on any atom is 0.191 e. The average molecular weight is 282 g/mol. The molecule has 0 aliphatic rings. The van der Waals surface area contributed by atoms with Crippen molar-refractivity contribution >= 4 is 17.6 Å². The van der Waals surface area contributed by atoms with Gasteiger partial charge < -0.3 is 15.4 Å². The molecule has 104 valence electrons. The van der Waals surface area contributed by atoms with Crippen LogP contribution in [0.25, 0.3) is 0 Å². The van der Waals surface area contributed by atoms with Crippen molar-refractivity contribution in [2.24, 2.45) is 4.99 Å². The number of benzene rings is 1. The van der Waals surface area contributed by atoms with Crippen LogP contribution in [0.5, 0.6) is 5.75 Å². The molecule has 0 aromatic heterocycles. The lowest BCUT2D eigenvalue weighted by molar-refractivity contribution is 0.410. The smallest absolute Gasteiger partial charge is 0.191 e. The molecule has 0 radical (unpaired) electrons. The van der Waals surface area contributed by atoms with E-state index in [4.69, 9.17) is 16.3 Å². The SMILES string of the molecule is C=CCNC(=NCc1ccc(Cl)cc1OC)NCC. The minimum Gasteiger partial charge on any atom is -0.496 e. The van der Waals surface area contributed by atoms with Crippen molar-refractivity contribution in [1.29, 1.82) is 0 Å². The van der Waals surface area contributed by atoms with Crippen LogP contribution in [-0.4, -0.2) is 26.2 Å². The average Bonchev–Trinajstić information content (AvgIpc) is 2.42. The molecule has 0 atom stereocenters. The number of rotatable bonds is 6. The lowest BCUT2D eigenvalue weighted by atomic mass is 10.2. The summed E-state index contributed by atoms with van der Waals surface area (Å²) in [5.74, 6) is 1.50. The van der Waals surface area contributed by atoms with Crippen molar-refractivity contribution in [2.75, 3.05) is 20.2 Å². The van der Waals surface area contributed by atoms with Gasteiger partial charge in [0.15, 0.2) is 5.96 Å². The molecule has 0 saturated carbocycles. The van der Waals surface area contributed by atoms with E-state index in [2.05, 4.69) is 22.2 Å². The molecule has 1 aromatic rings. The molecule has 19 heavy (non-hydrogen) atoms. The van der Waals surface area contributed by atoms with Gasteiger partial charge in [-0.3, -0.25) is 0 Å². The third-order valence-corrected chi connectivity index (χ3v) is 2.65. The van der Waals surface area contributed by atoms with Crippen LogP contribution in [0.15, 0.2) is 35.8 Å². The summed E-state index contributed by atoms with van der Waals surface area (Å²) in [4.78, 5) is 4.48. The number of nitrogens with zero attached hydrogens (tertiary/aromatic N) is 1. The van der Waals surface area contributed by atoms with Gasteiger partial charge in [0.2, 0.25) is 0 Å². The molecule has 0 saturated heterocycles. The summed E-state index contributed by atoms with van der Waals surface area (Å²) in [5.41, 5.74) is 0.989. The highest BCUT2D eigenvalue weighted by Crippen LogP contribution is 2.23. The summed E-state index contributed by atoms with van der Waals surface area (Å²) >= 11 is 5.92. The van der Waals surface area contributed by atoms with Gasteiger partial charge in [-0.05, 0) is 19.1 Å². The van der Waals surface area contributed by atoms with Crippen LogP contribution in [0.2, 0.25) is 5.02 Å². The molecule has 0 unspecified atom stereocenters. The quantitative estimate of drug-likeness (QED) is 0.479. The molecule has 1 aromatic carbocycles. The Morgan fingerprint density at radius 2 is 2.26 bits per heavy atom. The van der Waals surface area contributed by atoms with E-state index in [0.29, 0.717) is 18.1 Å². The van der Waals surface area contributed by atoms with E-state index in [9.17, 15) is 0 Å². The van der Waals surface area contributed by atoms with Crippen LogP contribution in [0, 0.1) is 0 Å². The molecule has 2 N–H and O–H groups in total. The zero-order chi connectivity index (χ0) is 14.1. The maximum absolute atomic E-state index is 5.92. The Morgan fingerprint density at radius 3 is 2.89 bits per heavy atom. The predicted octanol–water partition coefficient (Wildman–Crippen LogP) is 2.59. The van der Waals surface area contributed by atoms with Gasteiger partial charge in [0, 0.05) is 23.7 Å². The minimum absolute atomic E-state index is 0.521. The van der Waals surface area contributed by atoms with Gasteiger partial charge in [0.25, 0.3) is 0 Å². The molecular formula is C14H20ClN3O. The Balaban J connectivity index is 2.78. The van der Waals surface area contributed by atoms with Gasteiger partial charge in [-0.15, -0.1) is 6.58 Å². The zero-order valence-corrected chi connectivity index (χ0v) is 12.1. The van der Waals surface area contributed by atoms with Crippen LogP contribution in [0.3, 0.4) is 0 Å². The third kappa shape index (κ3) is 5.22. The summed E-state index contributed by atoms with van der Waals surface area (Å²) in [6, 6.07) is 5.54. The first-order chi connectivity index (χ1) is 9.21. The highest BCUT2D eigenvalue weighted by atomic mass is 35.5. The Morgan fingerprint density at radius 1 is 1.47 bits per heavy atom. The standard InChI is InChI=1S/C14H20ClN3O/c1-4-8-17-14(16-5-2)18-10-11-6-7-12(15)9-13(11)19-3/h4,6-7,9H,1,5,8,10H2,2-3H3,(H2,16,17,18). The highest BCUT2D eigenvalue weighted by Gasteiger charge is 2.03. The molecule has 1 rings (SSSR count). The molecule has 0 heterocycles. The number of methoxy groups -OCH3 is 1. The van der Waals surface area contributed by atoms with Crippen molar-refractivity contribution in [1.82, 2.24) is 10.6 Å². The van der Waals surface area contributed by atoms with Crippen LogP contribution in [0.4, 0.5) is 0 Å². The highest BCUT2D eigenvalue weighted by molar-refractivity contribution is 6.30. The molecular weight excluding hydrogens is 262 g/mol. The second kappa shape index (κ2) is 8.43. The largest absolute Gasteiger partial charge is 0.496 e. The first-order valence-corrected chi connectivity index (χ1v) is 6.54. The Hall–Kier alpha value is -1.68. The Bertz CT molecular complexity index is 446. The van der Waals surface area contributed by atoms with Crippen molar-refractivity contribution in [2.45, 2.75) is 13.5 Å². The normalized spacial score (nSPS) is 11.0. The summed E-state index contributed by atoms with van der Waals surface area (Å²) in [6.07, 6.45) is 1.79. The Labute approximate surface area is 119 Å². The van der Waals surface area contributed by atoms with Gasteiger partial charge in [0.05, 0.1) is 13.7 Å². The Kier molecular flexibility index (Phi) is 6.82. The first kappa shape index (κ1) is 15.4. The van der Waals surface area contributed by atoms with Crippen molar-refractivity contribution in [3.05, 3.63) is 41.4 Å². The van der Waals surface area contributed by atoms with E-state index in [0.717, 1.165) is 23.8 Å². The van der Waals surface area contributed by atoms with Crippen LogP contribution in [-0.2, 0) is 6.54 Å². The molecule has 5 heteroatoms. The topological polar surface area (TPSA) is 45.7 Å². The van der Waals surface area contributed by atoms with E-state index < -0.39 is 0 Å². The van der Waals surface area contributed by atoms with Crippen LogP contribution in [0.1, 0.15) is 12.5 Å². The lowest BCUT2D eigenvalue weighted by Gasteiger charge is -2.11. The fourth-order valence-electron chi connectivity index (χ4n) is 1.52. The number of ether oxygens (including phenoxy) is 1. The molecule has 0 aliphatic heterocycles. The monoisotopic (exact) mass is 281 g/mol. The second-order valence-electron chi connectivity index (χ2n) is 3.82. The van der Waals surface area contributed by atoms with Gasteiger partial charge in [-0.25, -0.2) is 4.99 Å². The van der Waals surface area contributed by atoms with E-state index in [1.807, 2.05) is 19.1 Å². The molecule has 0 bridgehead atoms. The number of hydrogen-bond acceptors (Lipinski definition) is 2. The number of nitrogens with one attached hydrogen (secondary N) is 2. The van der Waals surface area contributed by atoms with Gasteiger partial charge >= 0.3 is 0 Å². The fraction of sp³-hybridized carbons (Fsp3) is 0.357. The van der Waals surface area contributed by atoms with Crippen LogP contribution >= 0.6 is 11.6 Å². The summed E-state index contributed by atoms with van der Waals surface area (Å²) in [5, 5.41) is 6.96. The van der Waals surface area contributed by atoms with Gasteiger partial charge in [-0.1, -0.05) is 23.7 Å². The zero-order valence-electron chi connectivity index (χ0n) is 11.4. The molecule has 0 spiro atoms. The molecule has 0 fully saturated rings. The number of guanidine groups is 1. The van der Waals surface area contributed by atoms with E-state index in [1.165, 1.54) is 0 Å².